The Labute approximate surface area is 166 Å². The van der Waals surface area contributed by atoms with Crippen molar-refractivity contribution in [3.63, 3.8) is 0 Å². The summed E-state index contributed by atoms with van der Waals surface area (Å²) in [5, 5.41) is 10.5. The molecule has 7 nitrogen and oxygen atoms in total. The zero-order valence-electron chi connectivity index (χ0n) is 15.3. The van der Waals surface area contributed by atoms with Crippen LogP contribution in [0.2, 0.25) is 0 Å². The van der Waals surface area contributed by atoms with E-state index in [2.05, 4.69) is 27.1 Å². The van der Waals surface area contributed by atoms with Crippen molar-refractivity contribution >= 4 is 40.3 Å². The van der Waals surface area contributed by atoms with Crippen LogP contribution in [0, 0.1) is 11.7 Å². The molecule has 27 heavy (non-hydrogen) atoms. The van der Waals surface area contributed by atoms with Gasteiger partial charge >= 0.3 is 0 Å². The Bertz CT molecular complexity index is 1050. The monoisotopic (exact) mass is 400 g/mol. The molecular weight excluding hydrogens is 380 g/mol. The van der Waals surface area contributed by atoms with Crippen molar-refractivity contribution in [2.45, 2.75) is 13.5 Å². The smallest absolute Gasteiger partial charge is 0.257 e. The molecule has 140 valence electrons. The number of rotatable bonds is 6. The zero-order valence-corrected chi connectivity index (χ0v) is 16.9. The first-order chi connectivity index (χ1) is 12.9. The number of hydrogen-bond donors (Lipinski definition) is 2. The van der Waals surface area contributed by atoms with Crippen molar-refractivity contribution < 1.29 is 4.79 Å². The van der Waals surface area contributed by atoms with Gasteiger partial charge in [0.15, 0.2) is 15.7 Å². The van der Waals surface area contributed by atoms with E-state index >= 15 is 0 Å². The largest absolute Gasteiger partial charge is 0.378 e. The van der Waals surface area contributed by atoms with Crippen molar-refractivity contribution in [2.75, 3.05) is 24.3 Å². The highest BCUT2D eigenvalue weighted by Crippen LogP contribution is 2.32. The van der Waals surface area contributed by atoms with Gasteiger partial charge in [-0.15, -0.1) is 6.58 Å². The molecule has 3 aromatic rings. The second-order valence-electron chi connectivity index (χ2n) is 6.08. The molecule has 2 heterocycles. The van der Waals surface area contributed by atoms with E-state index in [-0.39, 0.29) is 5.91 Å². The number of aryl methyl sites for hydroxylation is 1. The lowest BCUT2D eigenvalue weighted by molar-refractivity contribution is 0.102. The number of amides is 1. The Morgan fingerprint density at radius 3 is 2.96 bits per heavy atom. The molecule has 0 atom stereocenters. The van der Waals surface area contributed by atoms with Gasteiger partial charge in [-0.05, 0) is 37.3 Å². The lowest BCUT2D eigenvalue weighted by Gasteiger charge is -2.13. The van der Waals surface area contributed by atoms with E-state index in [1.807, 2.05) is 48.7 Å². The first kappa shape index (κ1) is 19.0. The number of hydrogen-bond acceptors (Lipinski definition) is 6. The maximum Gasteiger partial charge on any atom is 0.257 e. The van der Waals surface area contributed by atoms with Crippen LogP contribution in [0.15, 0.2) is 36.9 Å². The first-order valence-electron chi connectivity index (χ1n) is 8.23. The Balaban J connectivity index is 1.87. The summed E-state index contributed by atoms with van der Waals surface area (Å²) in [6, 6.07) is 7.42. The highest BCUT2D eigenvalue weighted by molar-refractivity contribution is 7.71. The number of H-pyrrole nitrogens is 1. The molecule has 0 fully saturated rings. The first-order valence-corrected chi connectivity index (χ1v) is 9.46. The van der Waals surface area contributed by atoms with Crippen LogP contribution in [-0.2, 0) is 6.54 Å². The van der Waals surface area contributed by atoms with Crippen LogP contribution in [0.25, 0.3) is 10.7 Å². The third-order valence-corrected chi connectivity index (χ3v) is 5.30. The molecule has 0 radical (unpaired) electrons. The molecule has 0 aliphatic heterocycles. The van der Waals surface area contributed by atoms with Crippen LogP contribution >= 0.6 is 23.6 Å². The molecule has 9 heteroatoms. The highest BCUT2D eigenvalue weighted by Gasteiger charge is 2.17. The van der Waals surface area contributed by atoms with E-state index in [4.69, 9.17) is 12.2 Å². The van der Waals surface area contributed by atoms with Gasteiger partial charge in [-0.3, -0.25) is 19.8 Å². The molecule has 1 aromatic carbocycles. The fourth-order valence-corrected chi connectivity index (χ4v) is 3.71. The average Bonchev–Trinajstić information content (AvgIpc) is 3.18. The quantitative estimate of drug-likeness (QED) is 0.485. The van der Waals surface area contributed by atoms with Gasteiger partial charge in [0, 0.05) is 31.9 Å². The Morgan fingerprint density at radius 2 is 2.26 bits per heavy atom. The maximum atomic E-state index is 12.6. The molecule has 0 spiro atoms. The zero-order chi connectivity index (χ0) is 19.6. The molecule has 1 amide bonds. The second kappa shape index (κ2) is 7.85. The van der Waals surface area contributed by atoms with Crippen molar-refractivity contribution in [1.29, 1.82) is 0 Å². The molecule has 0 aliphatic rings. The number of nitrogens with one attached hydrogen (secondary N) is 2. The standard InChI is InChI=1S/C18H20N6OS2/c1-5-9-24-15(21-22-18(24)26)14-11(2)19-17(27-14)20-16(25)12-7-6-8-13(10-12)23(3)4/h5-8,10H,1,9H2,2-4H3,(H,22,26)(H,19,20,25). The minimum atomic E-state index is -0.205. The maximum absolute atomic E-state index is 12.6. The van der Waals surface area contributed by atoms with Gasteiger partial charge < -0.3 is 4.90 Å². The number of carbonyl (C=O) groups is 1. The van der Waals surface area contributed by atoms with E-state index < -0.39 is 0 Å². The number of allylic oxidation sites excluding steroid dienone is 1. The van der Waals surface area contributed by atoms with Gasteiger partial charge in [0.05, 0.1) is 10.6 Å². The third kappa shape index (κ3) is 3.99. The van der Waals surface area contributed by atoms with Crippen molar-refractivity contribution in [1.82, 2.24) is 19.7 Å². The molecule has 2 aromatic heterocycles. The van der Waals surface area contributed by atoms with E-state index in [1.54, 1.807) is 12.1 Å². The molecule has 0 aliphatic carbocycles. The Kier molecular flexibility index (Phi) is 5.52. The number of carbonyl (C=O) groups excluding carboxylic acids is 1. The van der Waals surface area contributed by atoms with Gasteiger partial charge in [-0.1, -0.05) is 23.5 Å². The lowest BCUT2D eigenvalue weighted by atomic mass is 10.2. The van der Waals surface area contributed by atoms with Crippen LogP contribution in [0.3, 0.4) is 0 Å². The van der Waals surface area contributed by atoms with Gasteiger partial charge in [0.2, 0.25) is 0 Å². The summed E-state index contributed by atoms with van der Waals surface area (Å²) in [6.45, 7) is 6.17. The van der Waals surface area contributed by atoms with Crippen molar-refractivity contribution in [3.8, 4) is 10.7 Å². The van der Waals surface area contributed by atoms with Crippen LogP contribution in [0.1, 0.15) is 16.1 Å². The summed E-state index contributed by atoms with van der Waals surface area (Å²) in [6.07, 6.45) is 1.76. The SMILES string of the molecule is C=CCn1c(-c2sc(NC(=O)c3cccc(N(C)C)c3)nc2C)n[nH]c1=S. The molecule has 3 rings (SSSR count). The summed E-state index contributed by atoms with van der Waals surface area (Å²) >= 11 is 6.63. The summed E-state index contributed by atoms with van der Waals surface area (Å²) in [5.74, 6) is 0.481. The molecular formula is C18H20N6OS2. The Morgan fingerprint density at radius 1 is 1.48 bits per heavy atom. The van der Waals surface area contributed by atoms with Crippen molar-refractivity contribution in [2.24, 2.45) is 0 Å². The second-order valence-corrected chi connectivity index (χ2v) is 7.47. The number of aromatic nitrogens is 4. The normalized spacial score (nSPS) is 10.6. The molecule has 0 unspecified atom stereocenters. The van der Waals surface area contributed by atoms with Gasteiger partial charge in [0.1, 0.15) is 0 Å². The summed E-state index contributed by atoms with van der Waals surface area (Å²) in [7, 11) is 3.87. The third-order valence-electron chi connectivity index (χ3n) is 3.91. The fourth-order valence-electron chi connectivity index (χ4n) is 2.54. The van der Waals surface area contributed by atoms with E-state index in [1.165, 1.54) is 11.3 Å². The van der Waals surface area contributed by atoms with Gasteiger partial charge in [-0.25, -0.2) is 4.98 Å². The minimum Gasteiger partial charge on any atom is -0.378 e. The molecule has 0 saturated heterocycles. The predicted octanol–water partition coefficient (Wildman–Crippen LogP) is 3.88. The summed E-state index contributed by atoms with van der Waals surface area (Å²) in [4.78, 5) is 19.9. The number of benzene rings is 1. The minimum absolute atomic E-state index is 0.205. The number of nitrogens with zero attached hydrogens (tertiary/aromatic N) is 4. The number of thiazole rings is 1. The highest BCUT2D eigenvalue weighted by atomic mass is 32.1. The van der Waals surface area contributed by atoms with Gasteiger partial charge in [-0.2, -0.15) is 5.10 Å². The van der Waals surface area contributed by atoms with E-state index in [0.717, 1.165) is 16.3 Å². The topological polar surface area (TPSA) is 78.8 Å². The molecule has 2 N–H and O–H groups in total. The number of aromatic amines is 1. The number of anilines is 2. The van der Waals surface area contributed by atoms with Gasteiger partial charge in [0.25, 0.3) is 5.91 Å². The average molecular weight is 401 g/mol. The Hall–Kier alpha value is -2.78. The van der Waals surface area contributed by atoms with E-state index in [9.17, 15) is 4.79 Å². The fraction of sp³-hybridized carbons (Fsp3) is 0.222. The molecule has 0 saturated carbocycles. The van der Waals surface area contributed by atoms with Crippen LogP contribution in [-0.4, -0.2) is 39.8 Å². The molecule has 0 bridgehead atoms. The summed E-state index contributed by atoms with van der Waals surface area (Å²) in [5.41, 5.74) is 2.31. The predicted molar refractivity (Wildman–Crippen MR) is 112 cm³/mol. The van der Waals surface area contributed by atoms with Crippen LogP contribution < -0.4 is 10.2 Å². The lowest BCUT2D eigenvalue weighted by Crippen LogP contribution is -2.14. The van der Waals surface area contributed by atoms with E-state index in [0.29, 0.717) is 27.8 Å². The van der Waals surface area contributed by atoms with Crippen molar-refractivity contribution in [3.05, 3.63) is 52.9 Å². The van der Waals surface area contributed by atoms with Crippen LogP contribution in [0.5, 0.6) is 0 Å². The summed E-state index contributed by atoms with van der Waals surface area (Å²) < 4.78 is 2.36. The van der Waals surface area contributed by atoms with Crippen LogP contribution in [0.4, 0.5) is 10.8 Å².